The summed E-state index contributed by atoms with van der Waals surface area (Å²) in [5.41, 5.74) is 6.48. The Kier molecular flexibility index (Phi) is 3.88. The van der Waals surface area contributed by atoms with E-state index in [1.54, 1.807) is 13.8 Å². The Balaban J connectivity index is 2.14. The van der Waals surface area contributed by atoms with Crippen LogP contribution >= 0.6 is 0 Å². The topological polar surface area (TPSA) is 121 Å². The van der Waals surface area contributed by atoms with Gasteiger partial charge in [0.05, 0.1) is 21.7 Å². The lowest BCUT2D eigenvalue weighted by Gasteiger charge is -2.05. The van der Waals surface area contributed by atoms with Crippen LogP contribution in [0.5, 0.6) is 0 Å². The van der Waals surface area contributed by atoms with Crippen LogP contribution in [0.25, 0.3) is 0 Å². The number of nitro groups is 1. The third kappa shape index (κ3) is 2.99. The molecule has 8 nitrogen and oxygen atoms in total. The average Bonchev–Trinajstić information content (AvgIpc) is 2.75. The number of carbonyl (C=O) groups is 1. The van der Waals surface area contributed by atoms with Crippen molar-refractivity contribution in [3.63, 3.8) is 0 Å². The summed E-state index contributed by atoms with van der Waals surface area (Å²) in [6.45, 7) is 3.42. The number of esters is 1. The van der Waals surface area contributed by atoms with Crippen LogP contribution < -0.4 is 5.73 Å². The van der Waals surface area contributed by atoms with E-state index in [2.05, 4.69) is 5.16 Å². The van der Waals surface area contributed by atoms with E-state index in [1.807, 2.05) is 0 Å². The molecule has 0 spiro atoms. The molecule has 110 valence electrons. The third-order valence-electron chi connectivity index (χ3n) is 2.99. The molecule has 0 bridgehead atoms. The van der Waals surface area contributed by atoms with Crippen molar-refractivity contribution >= 4 is 17.3 Å². The molecule has 1 aromatic heterocycles. The summed E-state index contributed by atoms with van der Waals surface area (Å²) in [5.74, 6) is -0.123. The number of rotatable bonds is 4. The van der Waals surface area contributed by atoms with E-state index >= 15 is 0 Å². The summed E-state index contributed by atoms with van der Waals surface area (Å²) < 4.78 is 10.1. The number of benzene rings is 1. The van der Waals surface area contributed by atoms with Gasteiger partial charge in [0, 0.05) is 6.07 Å². The molecule has 8 heteroatoms. The molecule has 0 fully saturated rings. The van der Waals surface area contributed by atoms with E-state index < -0.39 is 10.9 Å². The number of nitro benzene ring substituents is 1. The zero-order chi connectivity index (χ0) is 15.6. The van der Waals surface area contributed by atoms with Gasteiger partial charge >= 0.3 is 5.97 Å². The van der Waals surface area contributed by atoms with Crippen LogP contribution in [-0.4, -0.2) is 16.0 Å². The van der Waals surface area contributed by atoms with Gasteiger partial charge in [-0.15, -0.1) is 0 Å². The first kappa shape index (κ1) is 14.5. The largest absolute Gasteiger partial charge is 0.457 e. The Morgan fingerprint density at radius 2 is 2.19 bits per heavy atom. The van der Waals surface area contributed by atoms with Crippen molar-refractivity contribution in [1.82, 2.24) is 5.16 Å². The Hall–Kier alpha value is -2.90. The van der Waals surface area contributed by atoms with Crippen LogP contribution in [0.4, 0.5) is 11.4 Å². The molecule has 0 unspecified atom stereocenters. The first-order chi connectivity index (χ1) is 9.90. The smallest absolute Gasteiger partial charge is 0.338 e. The summed E-state index contributed by atoms with van der Waals surface area (Å²) in [6, 6.07) is 3.76. The van der Waals surface area contributed by atoms with E-state index in [9.17, 15) is 14.9 Å². The molecular weight excluding hydrogens is 278 g/mol. The molecule has 0 saturated heterocycles. The fourth-order valence-corrected chi connectivity index (χ4v) is 1.76. The molecule has 2 aromatic rings. The number of aromatic nitrogens is 1. The zero-order valence-corrected chi connectivity index (χ0v) is 11.5. The van der Waals surface area contributed by atoms with Gasteiger partial charge in [0.1, 0.15) is 18.1 Å². The van der Waals surface area contributed by atoms with Gasteiger partial charge in [-0.05, 0) is 26.0 Å². The summed E-state index contributed by atoms with van der Waals surface area (Å²) in [5, 5.41) is 14.5. The Morgan fingerprint density at radius 1 is 1.48 bits per heavy atom. The van der Waals surface area contributed by atoms with Gasteiger partial charge in [-0.2, -0.15) is 0 Å². The molecule has 1 aromatic carbocycles. The monoisotopic (exact) mass is 291 g/mol. The molecule has 2 N–H and O–H groups in total. The molecule has 2 rings (SSSR count). The number of ether oxygens (including phenoxy) is 1. The molecule has 0 aliphatic heterocycles. The van der Waals surface area contributed by atoms with Gasteiger partial charge in [-0.3, -0.25) is 10.1 Å². The minimum atomic E-state index is -0.682. The maximum atomic E-state index is 11.9. The molecule has 0 radical (unpaired) electrons. The van der Waals surface area contributed by atoms with Gasteiger partial charge in [0.15, 0.2) is 0 Å². The van der Waals surface area contributed by atoms with E-state index in [0.717, 1.165) is 6.07 Å². The highest BCUT2D eigenvalue weighted by Crippen LogP contribution is 2.23. The summed E-state index contributed by atoms with van der Waals surface area (Å²) in [4.78, 5) is 22.0. The van der Waals surface area contributed by atoms with Crippen molar-refractivity contribution in [2.75, 3.05) is 5.73 Å². The Bertz CT molecular complexity index is 688. The summed E-state index contributed by atoms with van der Waals surface area (Å²) in [6.07, 6.45) is 0. The van der Waals surface area contributed by atoms with Crippen molar-refractivity contribution in [3.05, 3.63) is 50.9 Å². The van der Waals surface area contributed by atoms with Crippen LogP contribution in [0.1, 0.15) is 27.4 Å². The van der Waals surface area contributed by atoms with Gasteiger partial charge in [0.2, 0.25) is 0 Å². The SMILES string of the molecule is Cc1noc(C)c1COC(=O)c1ccc(N)c([N+](=O)[O-])c1. The number of anilines is 1. The van der Waals surface area contributed by atoms with Gasteiger partial charge in [-0.1, -0.05) is 5.16 Å². The second-order valence-electron chi connectivity index (χ2n) is 4.41. The number of aryl methyl sites for hydroxylation is 2. The normalized spacial score (nSPS) is 10.4. The van der Waals surface area contributed by atoms with Crippen LogP contribution in [0, 0.1) is 24.0 Å². The van der Waals surface area contributed by atoms with Crippen LogP contribution in [0.3, 0.4) is 0 Å². The van der Waals surface area contributed by atoms with Crippen molar-refractivity contribution in [3.8, 4) is 0 Å². The minimum Gasteiger partial charge on any atom is -0.457 e. The number of carbonyl (C=O) groups excluding carboxylic acids is 1. The number of nitrogens with zero attached hydrogens (tertiary/aromatic N) is 2. The van der Waals surface area contributed by atoms with Gasteiger partial charge < -0.3 is 15.0 Å². The van der Waals surface area contributed by atoms with E-state index in [-0.39, 0.29) is 23.5 Å². The zero-order valence-electron chi connectivity index (χ0n) is 11.5. The predicted molar refractivity (Wildman–Crippen MR) is 72.6 cm³/mol. The lowest BCUT2D eigenvalue weighted by molar-refractivity contribution is -0.383. The van der Waals surface area contributed by atoms with Gasteiger partial charge in [0.25, 0.3) is 5.69 Å². The van der Waals surface area contributed by atoms with Crippen LogP contribution in [0.15, 0.2) is 22.7 Å². The lowest BCUT2D eigenvalue weighted by atomic mass is 10.1. The number of nitrogens with two attached hydrogens (primary N) is 1. The van der Waals surface area contributed by atoms with Crippen molar-refractivity contribution in [2.45, 2.75) is 20.5 Å². The van der Waals surface area contributed by atoms with Crippen LogP contribution in [0.2, 0.25) is 0 Å². The van der Waals surface area contributed by atoms with E-state index in [1.165, 1.54) is 12.1 Å². The van der Waals surface area contributed by atoms with E-state index in [0.29, 0.717) is 17.0 Å². The molecule has 0 atom stereocenters. The van der Waals surface area contributed by atoms with Gasteiger partial charge in [-0.25, -0.2) is 4.79 Å². The third-order valence-corrected chi connectivity index (χ3v) is 2.99. The summed E-state index contributed by atoms with van der Waals surface area (Å²) in [7, 11) is 0. The predicted octanol–water partition coefficient (Wildman–Crippen LogP) is 2.14. The highest BCUT2D eigenvalue weighted by Gasteiger charge is 2.18. The molecule has 0 amide bonds. The quantitative estimate of drug-likeness (QED) is 0.396. The number of hydrogen-bond acceptors (Lipinski definition) is 7. The highest BCUT2D eigenvalue weighted by molar-refractivity contribution is 5.91. The molecular formula is C13H13N3O5. The maximum absolute atomic E-state index is 11.9. The second-order valence-corrected chi connectivity index (χ2v) is 4.41. The molecule has 21 heavy (non-hydrogen) atoms. The Morgan fingerprint density at radius 3 is 2.76 bits per heavy atom. The molecule has 0 aliphatic rings. The highest BCUT2D eigenvalue weighted by atomic mass is 16.6. The fourth-order valence-electron chi connectivity index (χ4n) is 1.76. The first-order valence-corrected chi connectivity index (χ1v) is 6.03. The molecule has 1 heterocycles. The maximum Gasteiger partial charge on any atom is 0.338 e. The van der Waals surface area contributed by atoms with Crippen molar-refractivity contribution in [1.29, 1.82) is 0 Å². The fraction of sp³-hybridized carbons (Fsp3) is 0.231. The molecule has 0 aliphatic carbocycles. The first-order valence-electron chi connectivity index (χ1n) is 6.03. The standard InChI is InChI=1S/C13H13N3O5/c1-7-10(8(2)21-15-7)6-20-13(17)9-3-4-11(14)12(5-9)16(18)19/h3-5H,6,14H2,1-2H3. The Labute approximate surface area is 119 Å². The minimum absolute atomic E-state index is 0.0118. The average molecular weight is 291 g/mol. The second kappa shape index (κ2) is 5.61. The van der Waals surface area contributed by atoms with E-state index in [4.69, 9.17) is 15.0 Å². The van der Waals surface area contributed by atoms with Crippen LogP contribution in [-0.2, 0) is 11.3 Å². The lowest BCUT2D eigenvalue weighted by Crippen LogP contribution is -2.07. The number of nitrogen functional groups attached to an aromatic ring is 1. The molecule has 0 saturated carbocycles. The van der Waals surface area contributed by atoms with Crippen molar-refractivity contribution < 1.29 is 19.0 Å². The van der Waals surface area contributed by atoms with Crippen molar-refractivity contribution in [2.24, 2.45) is 0 Å². The summed E-state index contributed by atoms with van der Waals surface area (Å²) >= 11 is 0. The number of hydrogen-bond donors (Lipinski definition) is 1.